The maximum Gasteiger partial charge on any atom is 0.326 e. The molecule has 1 rings (SSSR count). The molecule has 0 unspecified atom stereocenters. The highest BCUT2D eigenvalue weighted by atomic mass is 79.9. The molecule has 1 atom stereocenters. The second kappa shape index (κ2) is 8.64. The highest BCUT2D eigenvalue weighted by Crippen LogP contribution is 2.12. The summed E-state index contributed by atoms with van der Waals surface area (Å²) in [5, 5.41) is 0. The number of esters is 1. The summed E-state index contributed by atoms with van der Waals surface area (Å²) >= 11 is 3.24. The third kappa shape index (κ3) is 6.89. The summed E-state index contributed by atoms with van der Waals surface area (Å²) < 4.78 is 6.79. The van der Waals surface area contributed by atoms with Gasteiger partial charge in [-0.15, -0.1) is 12.4 Å². The number of halogens is 2. The smallest absolute Gasteiger partial charge is 0.326 e. The first-order chi connectivity index (χ1) is 9.60. The Kier molecular flexibility index (Phi) is 8.28. The van der Waals surface area contributed by atoms with E-state index in [9.17, 15) is 9.59 Å². The summed E-state index contributed by atoms with van der Waals surface area (Å²) in [6.45, 7) is 7.07. The average molecular weight is 397 g/mol. The van der Waals surface area contributed by atoms with Crippen LogP contribution in [0.15, 0.2) is 15.6 Å². The van der Waals surface area contributed by atoms with E-state index in [0.717, 1.165) is 6.42 Å². The van der Waals surface area contributed by atoms with Gasteiger partial charge >= 0.3 is 5.97 Å². The van der Waals surface area contributed by atoms with Crippen LogP contribution in [0.1, 0.15) is 39.8 Å². The topological polar surface area (TPSA) is 87.2 Å². The molecule has 1 aromatic rings. The zero-order valence-electron chi connectivity index (χ0n) is 13.3. The summed E-state index contributed by atoms with van der Waals surface area (Å²) in [5.41, 5.74) is 5.47. The number of aryl methyl sites for hydroxylation is 1. The molecule has 0 amide bonds. The molecule has 0 saturated carbocycles. The van der Waals surface area contributed by atoms with E-state index in [4.69, 9.17) is 10.5 Å². The van der Waals surface area contributed by atoms with E-state index in [1.807, 2.05) is 6.92 Å². The molecule has 0 saturated heterocycles. The minimum absolute atomic E-state index is 0. The average Bonchev–Trinajstić information content (AvgIpc) is 2.31. The molecule has 0 aliphatic heterocycles. The van der Waals surface area contributed by atoms with Crippen molar-refractivity contribution in [2.75, 3.05) is 0 Å². The van der Waals surface area contributed by atoms with Gasteiger partial charge < -0.3 is 10.5 Å². The number of nitrogens with two attached hydrogens (primary N) is 1. The Bertz CT molecular complexity index is 567. The van der Waals surface area contributed by atoms with Crippen LogP contribution in [0, 0.1) is 0 Å². The van der Waals surface area contributed by atoms with Crippen LogP contribution < -0.4 is 11.3 Å². The second-order valence-corrected chi connectivity index (χ2v) is 6.83. The molecule has 0 bridgehead atoms. The fourth-order valence-electron chi connectivity index (χ4n) is 1.66. The van der Waals surface area contributed by atoms with Crippen LogP contribution >= 0.6 is 28.3 Å². The molecular formula is C14H23BrClN3O3. The molecule has 2 N–H and O–H groups in total. The second-order valence-electron chi connectivity index (χ2n) is 6.04. The minimum atomic E-state index is -0.581. The molecule has 8 heteroatoms. The third-order valence-corrected chi connectivity index (χ3v) is 3.41. The third-order valence-electron chi connectivity index (χ3n) is 2.61. The SMILES string of the molecule is C[C@@H](N)CCc1ncn(CC(=O)OC(C)(C)C)c(=O)c1Br.Cl. The van der Waals surface area contributed by atoms with Gasteiger partial charge in [-0.05, 0) is 56.5 Å². The summed E-state index contributed by atoms with van der Waals surface area (Å²) in [4.78, 5) is 28.1. The van der Waals surface area contributed by atoms with Gasteiger partial charge in [0.05, 0.1) is 12.0 Å². The summed E-state index contributed by atoms with van der Waals surface area (Å²) in [6, 6.07) is 0.0443. The zero-order valence-corrected chi connectivity index (χ0v) is 15.7. The number of nitrogens with zero attached hydrogens (tertiary/aromatic N) is 2. The van der Waals surface area contributed by atoms with E-state index in [1.165, 1.54) is 10.9 Å². The molecule has 0 aromatic carbocycles. The number of rotatable bonds is 5. The van der Waals surface area contributed by atoms with Crippen LogP contribution in [0.3, 0.4) is 0 Å². The first kappa shape index (κ1) is 21.1. The van der Waals surface area contributed by atoms with Gasteiger partial charge in [-0.2, -0.15) is 0 Å². The van der Waals surface area contributed by atoms with Crippen molar-refractivity contribution in [1.29, 1.82) is 0 Å². The molecule has 6 nitrogen and oxygen atoms in total. The maximum atomic E-state index is 12.2. The largest absolute Gasteiger partial charge is 0.459 e. The highest BCUT2D eigenvalue weighted by Gasteiger charge is 2.18. The van der Waals surface area contributed by atoms with Crippen molar-refractivity contribution in [1.82, 2.24) is 9.55 Å². The van der Waals surface area contributed by atoms with Crippen molar-refractivity contribution >= 4 is 34.3 Å². The summed E-state index contributed by atoms with van der Waals surface area (Å²) in [5.74, 6) is -0.471. The molecule has 0 fully saturated rings. The first-order valence-electron chi connectivity index (χ1n) is 6.81. The monoisotopic (exact) mass is 395 g/mol. The summed E-state index contributed by atoms with van der Waals surface area (Å²) in [6.07, 6.45) is 2.72. The van der Waals surface area contributed by atoms with Crippen LogP contribution in [-0.2, 0) is 22.5 Å². The Morgan fingerprint density at radius 3 is 2.59 bits per heavy atom. The molecular weight excluding hydrogens is 374 g/mol. The van der Waals surface area contributed by atoms with Crippen molar-refractivity contribution in [3.05, 3.63) is 26.8 Å². The van der Waals surface area contributed by atoms with Crippen molar-refractivity contribution in [2.24, 2.45) is 5.73 Å². The van der Waals surface area contributed by atoms with E-state index >= 15 is 0 Å². The van der Waals surface area contributed by atoms with E-state index in [0.29, 0.717) is 16.6 Å². The van der Waals surface area contributed by atoms with Gasteiger partial charge in [0.1, 0.15) is 16.6 Å². The minimum Gasteiger partial charge on any atom is -0.459 e. The predicted octanol–water partition coefficient (Wildman–Crippen LogP) is 2.05. The van der Waals surface area contributed by atoms with Crippen LogP contribution in [0.2, 0.25) is 0 Å². The van der Waals surface area contributed by atoms with Crippen molar-refractivity contribution in [3.8, 4) is 0 Å². The Balaban J connectivity index is 0.00000441. The van der Waals surface area contributed by atoms with Crippen LogP contribution in [0.25, 0.3) is 0 Å². The van der Waals surface area contributed by atoms with Crippen molar-refractivity contribution in [2.45, 2.75) is 58.7 Å². The Hall–Kier alpha value is -0.920. The van der Waals surface area contributed by atoms with Crippen molar-refractivity contribution in [3.63, 3.8) is 0 Å². The van der Waals surface area contributed by atoms with Gasteiger partial charge in [0.2, 0.25) is 0 Å². The van der Waals surface area contributed by atoms with Crippen LogP contribution in [0.4, 0.5) is 0 Å². The molecule has 1 heterocycles. The maximum absolute atomic E-state index is 12.2. The van der Waals surface area contributed by atoms with E-state index < -0.39 is 11.6 Å². The standard InChI is InChI=1S/C14H22BrN3O3.ClH/c1-9(16)5-6-10-12(15)13(20)18(8-17-10)7-11(19)21-14(2,3)4;/h8-9H,5-7,16H2,1-4H3;1H/t9-;/m1./s1. The molecule has 1 aromatic heterocycles. The van der Waals surface area contributed by atoms with Gasteiger partial charge in [0, 0.05) is 6.04 Å². The fourth-order valence-corrected chi connectivity index (χ4v) is 2.19. The number of hydrogen-bond acceptors (Lipinski definition) is 5. The van der Waals surface area contributed by atoms with E-state index in [-0.39, 0.29) is 30.6 Å². The van der Waals surface area contributed by atoms with E-state index in [1.54, 1.807) is 20.8 Å². The highest BCUT2D eigenvalue weighted by molar-refractivity contribution is 9.10. The lowest BCUT2D eigenvalue weighted by atomic mass is 10.1. The molecule has 0 spiro atoms. The molecule has 0 radical (unpaired) electrons. The zero-order chi connectivity index (χ0) is 16.2. The number of carbonyl (C=O) groups is 1. The molecule has 22 heavy (non-hydrogen) atoms. The van der Waals surface area contributed by atoms with E-state index in [2.05, 4.69) is 20.9 Å². The Morgan fingerprint density at radius 2 is 2.09 bits per heavy atom. The number of carbonyl (C=O) groups excluding carboxylic acids is 1. The van der Waals surface area contributed by atoms with Gasteiger partial charge in [0.25, 0.3) is 5.56 Å². The normalized spacial score (nSPS) is 12.5. The van der Waals surface area contributed by atoms with Crippen LogP contribution in [-0.4, -0.2) is 27.2 Å². The lowest BCUT2D eigenvalue weighted by molar-refractivity contribution is -0.155. The fraction of sp³-hybridized carbons (Fsp3) is 0.643. The number of hydrogen-bond donors (Lipinski definition) is 1. The lowest BCUT2D eigenvalue weighted by Crippen LogP contribution is -2.31. The summed E-state index contributed by atoms with van der Waals surface area (Å²) in [7, 11) is 0. The Morgan fingerprint density at radius 1 is 1.50 bits per heavy atom. The number of aromatic nitrogens is 2. The predicted molar refractivity (Wildman–Crippen MR) is 91.3 cm³/mol. The van der Waals surface area contributed by atoms with Gasteiger partial charge in [0.15, 0.2) is 0 Å². The molecule has 0 aliphatic rings. The van der Waals surface area contributed by atoms with Crippen molar-refractivity contribution < 1.29 is 9.53 Å². The van der Waals surface area contributed by atoms with Gasteiger partial charge in [-0.3, -0.25) is 14.2 Å². The van der Waals surface area contributed by atoms with Gasteiger partial charge in [-0.25, -0.2) is 4.98 Å². The van der Waals surface area contributed by atoms with Gasteiger partial charge in [-0.1, -0.05) is 0 Å². The van der Waals surface area contributed by atoms with Crippen LogP contribution in [0.5, 0.6) is 0 Å². The first-order valence-corrected chi connectivity index (χ1v) is 7.60. The Labute approximate surface area is 145 Å². The lowest BCUT2D eigenvalue weighted by Gasteiger charge is -2.19. The molecule has 126 valence electrons. The quantitative estimate of drug-likeness (QED) is 0.770. The number of ether oxygens (including phenoxy) is 1. The molecule has 0 aliphatic carbocycles.